The van der Waals surface area contributed by atoms with Gasteiger partial charge in [-0.05, 0) is 30.3 Å². The van der Waals surface area contributed by atoms with Crippen molar-refractivity contribution in [2.24, 2.45) is 0 Å². The van der Waals surface area contributed by atoms with Gasteiger partial charge in [-0.25, -0.2) is 0 Å². The number of nitrogens with zero attached hydrogens (tertiary/aromatic N) is 3. The van der Waals surface area contributed by atoms with Crippen LogP contribution in [0.1, 0.15) is 6.42 Å². The summed E-state index contributed by atoms with van der Waals surface area (Å²) < 4.78 is 42.5. The molecule has 11 heteroatoms. The zero-order chi connectivity index (χ0) is 21.0. The molecule has 8 nitrogen and oxygen atoms in total. The third-order valence-corrected chi connectivity index (χ3v) is 3.93. The Labute approximate surface area is 162 Å². The number of nitro benzene ring substituents is 1. The van der Waals surface area contributed by atoms with Crippen LogP contribution in [-0.4, -0.2) is 33.4 Å². The Morgan fingerprint density at radius 3 is 2.59 bits per heavy atom. The van der Waals surface area contributed by atoms with Crippen LogP contribution in [0.4, 0.5) is 24.5 Å². The van der Waals surface area contributed by atoms with Gasteiger partial charge in [0.2, 0.25) is 5.91 Å². The van der Waals surface area contributed by atoms with E-state index in [-0.39, 0.29) is 30.3 Å². The van der Waals surface area contributed by atoms with E-state index in [1.165, 1.54) is 41.1 Å². The Bertz CT molecular complexity index is 1030. The first-order valence-electron chi connectivity index (χ1n) is 8.41. The summed E-state index contributed by atoms with van der Waals surface area (Å²) in [6, 6.07) is 9.85. The topological polar surface area (TPSA) is 99.3 Å². The smallest absolute Gasteiger partial charge is 0.422 e. The lowest BCUT2D eigenvalue weighted by atomic mass is 10.2. The van der Waals surface area contributed by atoms with E-state index in [4.69, 9.17) is 0 Å². The van der Waals surface area contributed by atoms with E-state index in [1.54, 1.807) is 12.3 Å². The maximum Gasteiger partial charge on any atom is 0.422 e. The van der Waals surface area contributed by atoms with E-state index in [2.05, 4.69) is 15.2 Å². The molecule has 1 N–H and O–H groups in total. The monoisotopic (exact) mass is 408 g/mol. The Morgan fingerprint density at radius 2 is 1.93 bits per heavy atom. The fourth-order valence-electron chi connectivity index (χ4n) is 2.58. The number of hydrogen-bond acceptors (Lipinski definition) is 5. The van der Waals surface area contributed by atoms with Crippen molar-refractivity contribution in [3.8, 4) is 5.75 Å². The van der Waals surface area contributed by atoms with Crippen LogP contribution < -0.4 is 10.1 Å². The Morgan fingerprint density at radius 1 is 1.21 bits per heavy atom. The zero-order valence-electron chi connectivity index (χ0n) is 14.8. The second-order valence-electron chi connectivity index (χ2n) is 6.09. The fourth-order valence-corrected chi connectivity index (χ4v) is 2.58. The molecule has 3 aromatic rings. The highest BCUT2D eigenvalue weighted by molar-refractivity contribution is 5.90. The summed E-state index contributed by atoms with van der Waals surface area (Å²) in [5.74, 6) is -0.312. The summed E-state index contributed by atoms with van der Waals surface area (Å²) in [6.45, 7) is -1.20. The van der Waals surface area contributed by atoms with Gasteiger partial charge in [0.1, 0.15) is 5.75 Å². The number of non-ortho nitro benzene ring substituents is 1. The van der Waals surface area contributed by atoms with Gasteiger partial charge < -0.3 is 10.1 Å². The first kappa shape index (κ1) is 20.1. The number of halogens is 3. The summed E-state index contributed by atoms with van der Waals surface area (Å²) in [4.78, 5) is 22.5. The minimum absolute atomic E-state index is 0.0323. The number of alkyl halides is 3. The minimum atomic E-state index is -4.43. The van der Waals surface area contributed by atoms with E-state index < -0.39 is 17.7 Å². The molecule has 152 valence electrons. The van der Waals surface area contributed by atoms with E-state index in [9.17, 15) is 28.1 Å². The van der Waals surface area contributed by atoms with Crippen LogP contribution in [0, 0.1) is 10.1 Å². The van der Waals surface area contributed by atoms with Gasteiger partial charge in [0.25, 0.3) is 5.69 Å². The minimum Gasteiger partial charge on any atom is -0.484 e. The molecule has 0 unspecified atom stereocenters. The molecular formula is C18H15F3N4O4. The predicted molar refractivity (Wildman–Crippen MR) is 97.6 cm³/mol. The number of aromatic nitrogens is 2. The number of rotatable bonds is 7. The lowest BCUT2D eigenvalue weighted by Crippen LogP contribution is -2.19. The second kappa shape index (κ2) is 8.17. The molecule has 0 aliphatic carbocycles. The lowest BCUT2D eigenvalue weighted by molar-refractivity contribution is -0.384. The van der Waals surface area contributed by atoms with Gasteiger partial charge in [-0.1, -0.05) is 0 Å². The number of fused-ring (bicyclic) bond motifs is 1. The van der Waals surface area contributed by atoms with Crippen LogP contribution in [0.25, 0.3) is 10.9 Å². The first-order chi connectivity index (χ1) is 13.7. The van der Waals surface area contributed by atoms with Gasteiger partial charge in [-0.2, -0.15) is 18.3 Å². The highest BCUT2D eigenvalue weighted by Crippen LogP contribution is 2.22. The van der Waals surface area contributed by atoms with E-state index >= 15 is 0 Å². The normalized spacial score (nSPS) is 11.4. The number of carbonyl (C=O) groups excluding carboxylic acids is 1. The van der Waals surface area contributed by atoms with Crippen LogP contribution in [-0.2, 0) is 11.3 Å². The number of nitro groups is 1. The molecule has 0 saturated carbocycles. The number of nitrogens with one attached hydrogen (secondary N) is 1. The molecule has 29 heavy (non-hydrogen) atoms. The summed E-state index contributed by atoms with van der Waals surface area (Å²) in [5, 5.41) is 18.4. The first-order valence-corrected chi connectivity index (χ1v) is 8.41. The molecular weight excluding hydrogens is 393 g/mol. The number of benzene rings is 2. The Hall–Kier alpha value is -3.63. The van der Waals surface area contributed by atoms with Gasteiger partial charge in [-0.3, -0.25) is 19.6 Å². The molecule has 0 saturated heterocycles. The predicted octanol–water partition coefficient (Wildman–Crippen LogP) is 3.91. The molecule has 3 rings (SSSR count). The van der Waals surface area contributed by atoms with E-state index in [0.29, 0.717) is 16.6 Å². The van der Waals surface area contributed by atoms with Gasteiger partial charge in [0, 0.05) is 29.6 Å². The number of hydrogen-bond donors (Lipinski definition) is 1. The van der Waals surface area contributed by atoms with Gasteiger partial charge in [-0.15, -0.1) is 0 Å². The number of anilines is 1. The third-order valence-electron chi connectivity index (χ3n) is 3.93. The van der Waals surface area contributed by atoms with Crippen molar-refractivity contribution in [1.82, 2.24) is 9.78 Å². The summed E-state index contributed by atoms with van der Waals surface area (Å²) >= 11 is 0. The molecule has 0 aliphatic heterocycles. The second-order valence-corrected chi connectivity index (χ2v) is 6.09. The van der Waals surface area contributed by atoms with Crippen LogP contribution in [0.2, 0.25) is 0 Å². The van der Waals surface area contributed by atoms with E-state index in [1.807, 2.05) is 0 Å². The molecule has 1 aromatic heterocycles. The van der Waals surface area contributed by atoms with Crippen molar-refractivity contribution in [2.45, 2.75) is 19.1 Å². The molecule has 1 heterocycles. The lowest BCUT2D eigenvalue weighted by Gasteiger charge is -2.10. The number of amides is 1. The average Bonchev–Trinajstić information content (AvgIpc) is 3.07. The largest absolute Gasteiger partial charge is 0.484 e. The van der Waals surface area contributed by atoms with Crippen molar-refractivity contribution in [2.75, 3.05) is 11.9 Å². The molecule has 0 spiro atoms. The van der Waals surface area contributed by atoms with Crippen molar-refractivity contribution in [3.63, 3.8) is 0 Å². The van der Waals surface area contributed by atoms with Crippen molar-refractivity contribution in [1.29, 1.82) is 0 Å². The highest BCUT2D eigenvalue weighted by Gasteiger charge is 2.28. The maximum absolute atomic E-state index is 12.1. The summed E-state index contributed by atoms with van der Waals surface area (Å²) in [5.41, 5.74) is 0.866. The molecule has 0 aliphatic rings. The maximum atomic E-state index is 12.1. The van der Waals surface area contributed by atoms with Gasteiger partial charge in [0.05, 0.1) is 23.2 Å². The van der Waals surface area contributed by atoms with Crippen molar-refractivity contribution in [3.05, 3.63) is 58.8 Å². The molecule has 0 bridgehead atoms. The molecule has 1 amide bonds. The van der Waals surface area contributed by atoms with Gasteiger partial charge in [0.15, 0.2) is 6.61 Å². The highest BCUT2D eigenvalue weighted by atomic mass is 19.4. The number of aryl methyl sites for hydroxylation is 1. The molecule has 0 fully saturated rings. The summed E-state index contributed by atoms with van der Waals surface area (Å²) in [7, 11) is 0. The zero-order valence-corrected chi connectivity index (χ0v) is 14.8. The third kappa shape index (κ3) is 5.43. The van der Waals surface area contributed by atoms with Crippen molar-refractivity contribution >= 4 is 28.2 Å². The Balaban J connectivity index is 1.57. The average molecular weight is 408 g/mol. The standard InChI is InChI=1S/C18H15F3N4O4/c19-18(20,21)11-29-15-5-2-13(3-6-15)23-17(26)7-8-24-16-9-14(25(27)28)4-1-12(16)10-22-24/h1-6,9-10H,7-8,11H2,(H,23,26). The quantitative estimate of drug-likeness (QED) is 0.472. The van der Waals surface area contributed by atoms with Crippen LogP contribution in [0.5, 0.6) is 5.75 Å². The Kier molecular flexibility index (Phi) is 5.66. The van der Waals surface area contributed by atoms with Crippen LogP contribution >= 0.6 is 0 Å². The molecule has 0 radical (unpaired) electrons. The molecule has 0 atom stereocenters. The molecule has 2 aromatic carbocycles. The number of carbonyl (C=O) groups is 1. The van der Waals surface area contributed by atoms with Crippen LogP contribution in [0.15, 0.2) is 48.7 Å². The SMILES string of the molecule is O=C(CCn1ncc2ccc([N+](=O)[O-])cc21)Nc1ccc(OCC(F)(F)F)cc1. The van der Waals surface area contributed by atoms with E-state index in [0.717, 1.165) is 0 Å². The van der Waals surface area contributed by atoms with Gasteiger partial charge >= 0.3 is 6.18 Å². The van der Waals surface area contributed by atoms with Crippen molar-refractivity contribution < 1.29 is 27.6 Å². The number of ether oxygens (including phenoxy) is 1. The summed E-state index contributed by atoms with van der Waals surface area (Å²) in [6.07, 6.45) is -2.83. The van der Waals surface area contributed by atoms with Crippen LogP contribution in [0.3, 0.4) is 0 Å². The fraction of sp³-hybridized carbons (Fsp3) is 0.222.